The summed E-state index contributed by atoms with van der Waals surface area (Å²) in [7, 11) is 0. The number of fused-ring (bicyclic) bond motifs is 1. The Morgan fingerprint density at radius 2 is 2.40 bits per heavy atom. The van der Waals surface area contributed by atoms with Crippen molar-refractivity contribution in [3.8, 4) is 0 Å². The number of halogens is 1. The molecule has 0 saturated carbocycles. The maximum Gasteiger partial charge on any atom is 0.241 e. The van der Waals surface area contributed by atoms with Gasteiger partial charge in [0, 0.05) is 33.9 Å². The van der Waals surface area contributed by atoms with Gasteiger partial charge in [0.15, 0.2) is 0 Å². The minimum atomic E-state index is -0.465. The van der Waals surface area contributed by atoms with Crippen molar-refractivity contribution in [2.24, 2.45) is 5.73 Å². The third-order valence-corrected chi connectivity index (χ3v) is 2.39. The van der Waals surface area contributed by atoms with Crippen LogP contribution in [0.25, 0.3) is 17.1 Å². The summed E-state index contributed by atoms with van der Waals surface area (Å²) in [6, 6.07) is 1.93. The fourth-order valence-corrected chi connectivity index (χ4v) is 1.64. The summed E-state index contributed by atoms with van der Waals surface area (Å²) in [6.07, 6.45) is 6.47. The first-order valence-electron chi connectivity index (χ1n) is 4.27. The average molecular weight is 266 g/mol. The lowest BCUT2D eigenvalue weighted by Crippen LogP contribution is -2.04. The smallest absolute Gasteiger partial charge is 0.241 e. The fraction of sp³-hybridized carbons (Fsp3) is 0. The number of aromatic amines is 1. The number of aromatic nitrogens is 2. The first-order chi connectivity index (χ1) is 7.16. The molecule has 0 fully saturated rings. The molecule has 0 saturated heterocycles. The molecule has 76 valence electrons. The molecule has 0 aromatic carbocycles. The number of primary amides is 1. The highest BCUT2D eigenvalue weighted by Gasteiger charge is 2.02. The van der Waals surface area contributed by atoms with Crippen LogP contribution in [0.1, 0.15) is 5.56 Å². The van der Waals surface area contributed by atoms with Gasteiger partial charge in [-0.1, -0.05) is 0 Å². The van der Waals surface area contributed by atoms with Crippen molar-refractivity contribution in [3.63, 3.8) is 0 Å². The molecule has 4 nitrogen and oxygen atoms in total. The quantitative estimate of drug-likeness (QED) is 0.814. The van der Waals surface area contributed by atoms with E-state index >= 15 is 0 Å². The Balaban J connectivity index is 2.52. The van der Waals surface area contributed by atoms with Crippen molar-refractivity contribution in [2.45, 2.75) is 0 Å². The van der Waals surface area contributed by atoms with E-state index in [0.29, 0.717) is 0 Å². The highest BCUT2D eigenvalue weighted by atomic mass is 79.9. The molecule has 0 atom stereocenters. The predicted molar refractivity (Wildman–Crippen MR) is 62.0 cm³/mol. The molecule has 3 N–H and O–H groups in total. The van der Waals surface area contributed by atoms with Gasteiger partial charge in [-0.25, -0.2) is 4.98 Å². The number of hydrogen-bond acceptors (Lipinski definition) is 2. The number of nitrogens with zero attached hydrogens (tertiary/aromatic N) is 1. The summed E-state index contributed by atoms with van der Waals surface area (Å²) in [5, 5.41) is 0.946. The van der Waals surface area contributed by atoms with Crippen molar-refractivity contribution in [2.75, 3.05) is 0 Å². The van der Waals surface area contributed by atoms with Crippen molar-refractivity contribution in [3.05, 3.63) is 34.6 Å². The molecule has 2 heterocycles. The van der Waals surface area contributed by atoms with Gasteiger partial charge in [-0.2, -0.15) is 0 Å². The number of pyridine rings is 1. The van der Waals surface area contributed by atoms with Crippen LogP contribution in [0.5, 0.6) is 0 Å². The lowest BCUT2D eigenvalue weighted by molar-refractivity contribution is -0.113. The van der Waals surface area contributed by atoms with E-state index < -0.39 is 5.91 Å². The molecule has 0 aliphatic rings. The van der Waals surface area contributed by atoms with Crippen LogP contribution in [-0.4, -0.2) is 15.9 Å². The van der Waals surface area contributed by atoms with Crippen molar-refractivity contribution < 1.29 is 4.79 Å². The maximum absolute atomic E-state index is 10.6. The van der Waals surface area contributed by atoms with Crippen LogP contribution < -0.4 is 5.73 Å². The summed E-state index contributed by atoms with van der Waals surface area (Å²) >= 11 is 3.34. The number of hydrogen-bond donors (Lipinski definition) is 2. The minimum absolute atomic E-state index is 0.465. The second kappa shape index (κ2) is 3.86. The largest absolute Gasteiger partial charge is 0.366 e. The van der Waals surface area contributed by atoms with Crippen LogP contribution in [0, 0.1) is 0 Å². The van der Waals surface area contributed by atoms with Crippen LogP contribution in [-0.2, 0) is 4.79 Å². The van der Waals surface area contributed by atoms with E-state index in [0.717, 1.165) is 21.1 Å². The Hall–Kier alpha value is -1.62. The van der Waals surface area contributed by atoms with E-state index in [9.17, 15) is 4.79 Å². The lowest BCUT2D eigenvalue weighted by atomic mass is 10.2. The normalized spacial score (nSPS) is 11.3. The van der Waals surface area contributed by atoms with E-state index in [1.807, 2.05) is 6.07 Å². The molecular weight excluding hydrogens is 258 g/mol. The Labute approximate surface area is 94.3 Å². The monoisotopic (exact) mass is 265 g/mol. The van der Waals surface area contributed by atoms with Crippen molar-refractivity contribution in [1.29, 1.82) is 0 Å². The molecule has 1 amide bonds. The lowest BCUT2D eigenvalue weighted by Gasteiger charge is -1.92. The number of carbonyl (C=O) groups excluding carboxylic acids is 1. The zero-order valence-electron chi connectivity index (χ0n) is 7.70. The first-order valence-corrected chi connectivity index (χ1v) is 5.06. The van der Waals surface area contributed by atoms with Crippen molar-refractivity contribution in [1.82, 2.24) is 9.97 Å². The molecule has 0 radical (unpaired) electrons. The number of nitrogens with two attached hydrogens (primary N) is 1. The summed E-state index contributed by atoms with van der Waals surface area (Å²) in [5.74, 6) is -0.465. The standard InChI is InChI=1S/C10H8BrN3O/c11-7-3-8-6(1-2-9(12)15)4-13-10(8)14-5-7/h1-5H,(H2,12,15)(H,13,14). The molecule has 2 aromatic rings. The summed E-state index contributed by atoms with van der Waals surface area (Å²) in [4.78, 5) is 17.8. The van der Waals surface area contributed by atoms with Gasteiger partial charge in [-0.3, -0.25) is 4.79 Å². The topological polar surface area (TPSA) is 71.8 Å². The minimum Gasteiger partial charge on any atom is -0.366 e. The van der Waals surface area contributed by atoms with Gasteiger partial charge in [0.25, 0.3) is 0 Å². The summed E-state index contributed by atoms with van der Waals surface area (Å²) in [5.41, 5.74) is 6.69. The van der Waals surface area contributed by atoms with Crippen molar-refractivity contribution >= 4 is 38.9 Å². The first kappa shape index (κ1) is 9.92. The molecule has 0 spiro atoms. The number of amides is 1. The van der Waals surface area contributed by atoms with E-state index in [2.05, 4.69) is 25.9 Å². The number of carbonyl (C=O) groups is 1. The van der Waals surface area contributed by atoms with Crippen LogP contribution in [0.3, 0.4) is 0 Å². The third kappa shape index (κ3) is 2.07. The van der Waals surface area contributed by atoms with Gasteiger partial charge in [0.1, 0.15) is 5.65 Å². The fourth-order valence-electron chi connectivity index (χ4n) is 1.31. The molecule has 0 bridgehead atoms. The molecule has 2 aromatic heterocycles. The molecule has 0 aliphatic carbocycles. The number of H-pyrrole nitrogens is 1. The second-order valence-electron chi connectivity index (χ2n) is 3.03. The van der Waals surface area contributed by atoms with Gasteiger partial charge < -0.3 is 10.7 Å². The van der Waals surface area contributed by atoms with Crippen LogP contribution in [0.15, 0.2) is 29.0 Å². The van der Waals surface area contributed by atoms with Crippen LogP contribution >= 0.6 is 15.9 Å². The third-order valence-electron chi connectivity index (χ3n) is 1.96. The van der Waals surface area contributed by atoms with Crippen LogP contribution in [0.4, 0.5) is 0 Å². The Morgan fingerprint density at radius 3 is 3.13 bits per heavy atom. The predicted octanol–water partition coefficient (Wildman–Crippen LogP) is 1.82. The average Bonchev–Trinajstić information content (AvgIpc) is 2.57. The molecule has 0 aliphatic heterocycles. The SMILES string of the molecule is NC(=O)C=Cc1c[nH]c2ncc(Br)cc12. The highest BCUT2D eigenvalue weighted by molar-refractivity contribution is 9.10. The van der Waals surface area contributed by atoms with Gasteiger partial charge >= 0.3 is 0 Å². The van der Waals surface area contributed by atoms with Gasteiger partial charge in [-0.15, -0.1) is 0 Å². The molecule has 5 heteroatoms. The van der Waals surface area contributed by atoms with E-state index in [1.54, 1.807) is 18.5 Å². The highest BCUT2D eigenvalue weighted by Crippen LogP contribution is 2.21. The number of rotatable bonds is 2. The van der Waals surface area contributed by atoms with Gasteiger partial charge in [0.05, 0.1) is 0 Å². The van der Waals surface area contributed by atoms with E-state index in [1.165, 1.54) is 6.08 Å². The van der Waals surface area contributed by atoms with Crippen LogP contribution in [0.2, 0.25) is 0 Å². The van der Waals surface area contributed by atoms with E-state index in [4.69, 9.17) is 5.73 Å². The molecular formula is C10H8BrN3O. The Kier molecular flexibility index (Phi) is 2.55. The maximum atomic E-state index is 10.6. The Bertz CT molecular complexity index is 545. The molecule has 15 heavy (non-hydrogen) atoms. The second-order valence-corrected chi connectivity index (χ2v) is 3.95. The zero-order chi connectivity index (χ0) is 10.8. The number of nitrogens with one attached hydrogen (secondary N) is 1. The summed E-state index contributed by atoms with van der Waals surface area (Å²) in [6.45, 7) is 0. The van der Waals surface area contributed by atoms with E-state index in [-0.39, 0.29) is 0 Å². The zero-order valence-corrected chi connectivity index (χ0v) is 9.28. The molecule has 0 unspecified atom stereocenters. The van der Waals surface area contributed by atoms with Gasteiger partial charge in [0.2, 0.25) is 5.91 Å². The molecule has 2 rings (SSSR count). The Morgan fingerprint density at radius 1 is 1.60 bits per heavy atom. The van der Waals surface area contributed by atoms with Gasteiger partial charge in [-0.05, 0) is 28.1 Å². The summed E-state index contributed by atoms with van der Waals surface area (Å²) < 4.78 is 0.892.